The van der Waals surface area contributed by atoms with Crippen LogP contribution >= 0.6 is 15.9 Å². The standard InChI is InChI=1S/C8H4BBrF6O2/c10-6-4(8(14,15)16)1-3(7(11,12)13)2-5(6)9(17)18/h1-2,17-18H. The van der Waals surface area contributed by atoms with Crippen molar-refractivity contribution in [2.75, 3.05) is 0 Å². The summed E-state index contributed by atoms with van der Waals surface area (Å²) < 4.78 is 73.8. The minimum Gasteiger partial charge on any atom is -0.423 e. The number of benzene rings is 1. The van der Waals surface area contributed by atoms with E-state index in [1.165, 1.54) is 0 Å². The lowest BCUT2D eigenvalue weighted by atomic mass is 9.78. The van der Waals surface area contributed by atoms with Crippen molar-refractivity contribution >= 4 is 28.5 Å². The van der Waals surface area contributed by atoms with Crippen LogP contribution in [-0.2, 0) is 12.4 Å². The van der Waals surface area contributed by atoms with Gasteiger partial charge in [-0.05, 0) is 17.6 Å². The van der Waals surface area contributed by atoms with Crippen molar-refractivity contribution in [1.29, 1.82) is 0 Å². The lowest BCUT2D eigenvalue weighted by Gasteiger charge is -2.16. The summed E-state index contributed by atoms with van der Waals surface area (Å²) in [7, 11) is -2.46. The van der Waals surface area contributed by atoms with Gasteiger partial charge in [0, 0.05) is 4.47 Å². The van der Waals surface area contributed by atoms with Crippen molar-refractivity contribution in [1.82, 2.24) is 0 Å². The van der Waals surface area contributed by atoms with Crippen molar-refractivity contribution in [2.45, 2.75) is 12.4 Å². The molecule has 1 aromatic carbocycles. The summed E-state index contributed by atoms with van der Waals surface area (Å²) in [6, 6.07) is 0.139. The lowest BCUT2D eigenvalue weighted by molar-refractivity contribution is -0.143. The van der Waals surface area contributed by atoms with Crippen LogP contribution < -0.4 is 5.46 Å². The van der Waals surface area contributed by atoms with E-state index < -0.39 is 40.5 Å². The number of hydrogen-bond donors (Lipinski definition) is 2. The Labute approximate surface area is 106 Å². The van der Waals surface area contributed by atoms with E-state index in [1.54, 1.807) is 0 Å². The average Bonchev–Trinajstić information content (AvgIpc) is 2.13. The fraction of sp³-hybridized carbons (Fsp3) is 0.250. The molecule has 0 saturated carbocycles. The van der Waals surface area contributed by atoms with Gasteiger partial charge in [0.1, 0.15) is 0 Å². The second kappa shape index (κ2) is 4.74. The smallest absolute Gasteiger partial charge is 0.423 e. The third-order valence-electron chi connectivity index (χ3n) is 2.01. The van der Waals surface area contributed by atoms with Crippen LogP contribution in [0.3, 0.4) is 0 Å². The number of alkyl halides is 6. The molecule has 0 aliphatic rings. The predicted molar refractivity (Wildman–Crippen MR) is 54.0 cm³/mol. The topological polar surface area (TPSA) is 40.5 Å². The predicted octanol–water partition coefficient (Wildman–Crippen LogP) is 2.17. The van der Waals surface area contributed by atoms with Crippen LogP contribution in [0.2, 0.25) is 0 Å². The first-order valence-electron chi connectivity index (χ1n) is 4.28. The molecule has 0 radical (unpaired) electrons. The van der Waals surface area contributed by atoms with Gasteiger partial charge >= 0.3 is 19.5 Å². The Balaban J connectivity index is 3.58. The molecule has 0 atom stereocenters. The van der Waals surface area contributed by atoms with Gasteiger partial charge in [-0.15, -0.1) is 0 Å². The molecule has 1 rings (SSSR count). The van der Waals surface area contributed by atoms with E-state index >= 15 is 0 Å². The average molecular weight is 337 g/mol. The molecule has 0 aromatic heterocycles. The molecule has 2 N–H and O–H groups in total. The largest absolute Gasteiger partial charge is 0.489 e. The number of rotatable bonds is 1. The molecule has 2 nitrogen and oxygen atoms in total. The molecular formula is C8H4BBrF6O2. The van der Waals surface area contributed by atoms with Gasteiger partial charge in [-0.25, -0.2) is 0 Å². The van der Waals surface area contributed by atoms with Crippen LogP contribution in [0, 0.1) is 0 Å². The number of halogens is 7. The Kier molecular flexibility index (Phi) is 4.04. The van der Waals surface area contributed by atoms with Crippen LogP contribution in [0.5, 0.6) is 0 Å². The molecular weight excluding hydrogens is 333 g/mol. The van der Waals surface area contributed by atoms with Gasteiger partial charge < -0.3 is 10.0 Å². The highest BCUT2D eigenvalue weighted by Gasteiger charge is 2.40. The van der Waals surface area contributed by atoms with Gasteiger partial charge in [-0.2, -0.15) is 26.3 Å². The molecule has 0 aliphatic carbocycles. The van der Waals surface area contributed by atoms with Crippen LogP contribution in [0.4, 0.5) is 26.3 Å². The fourth-order valence-corrected chi connectivity index (χ4v) is 1.86. The first-order valence-corrected chi connectivity index (χ1v) is 5.08. The van der Waals surface area contributed by atoms with E-state index in [9.17, 15) is 26.3 Å². The van der Waals surface area contributed by atoms with Crippen LogP contribution in [0.1, 0.15) is 11.1 Å². The Bertz CT molecular complexity index is 456. The summed E-state index contributed by atoms with van der Waals surface area (Å²) in [6.45, 7) is 0. The SMILES string of the molecule is OB(O)c1cc(C(F)(F)F)cc(C(F)(F)F)c1Br. The summed E-state index contributed by atoms with van der Waals surface area (Å²) in [4.78, 5) is 0. The van der Waals surface area contributed by atoms with Crippen LogP contribution in [0.25, 0.3) is 0 Å². The molecule has 1 aromatic rings. The Morgan fingerprint density at radius 2 is 1.44 bits per heavy atom. The minimum absolute atomic E-state index is 0.101. The van der Waals surface area contributed by atoms with Crippen LogP contribution in [0.15, 0.2) is 16.6 Å². The van der Waals surface area contributed by atoms with Gasteiger partial charge in [0.2, 0.25) is 0 Å². The van der Waals surface area contributed by atoms with Crippen molar-refractivity contribution < 1.29 is 36.4 Å². The highest BCUT2D eigenvalue weighted by Crippen LogP contribution is 2.38. The molecule has 100 valence electrons. The third-order valence-corrected chi connectivity index (χ3v) is 2.90. The lowest BCUT2D eigenvalue weighted by Crippen LogP contribution is -2.34. The van der Waals surface area contributed by atoms with Crippen molar-refractivity contribution in [3.8, 4) is 0 Å². The zero-order chi connectivity index (χ0) is 14.3. The maximum Gasteiger partial charge on any atom is 0.489 e. The monoisotopic (exact) mass is 336 g/mol. The molecule has 0 amide bonds. The molecule has 0 heterocycles. The summed E-state index contributed by atoms with van der Waals surface area (Å²) in [5.41, 5.74) is -4.14. The first-order chi connectivity index (χ1) is 7.94. The second-order valence-corrected chi connectivity index (χ2v) is 4.09. The normalized spacial score (nSPS) is 12.7. The Morgan fingerprint density at radius 3 is 1.78 bits per heavy atom. The van der Waals surface area contributed by atoms with Gasteiger partial charge in [-0.3, -0.25) is 0 Å². The molecule has 0 unspecified atom stereocenters. The molecule has 0 spiro atoms. The third kappa shape index (κ3) is 3.18. The van der Waals surface area contributed by atoms with Crippen molar-refractivity contribution in [2.24, 2.45) is 0 Å². The van der Waals surface area contributed by atoms with E-state index in [0.29, 0.717) is 0 Å². The van der Waals surface area contributed by atoms with E-state index in [2.05, 4.69) is 15.9 Å². The Hall–Kier alpha value is -0.735. The maximum absolute atomic E-state index is 12.5. The van der Waals surface area contributed by atoms with Gasteiger partial charge in [0.05, 0.1) is 11.1 Å². The molecule has 0 aliphatic heterocycles. The van der Waals surface area contributed by atoms with Crippen LogP contribution in [-0.4, -0.2) is 17.2 Å². The Morgan fingerprint density at radius 1 is 0.944 bits per heavy atom. The molecule has 0 bridgehead atoms. The van der Waals surface area contributed by atoms with Gasteiger partial charge in [0.15, 0.2) is 0 Å². The van der Waals surface area contributed by atoms with E-state index in [-0.39, 0.29) is 12.1 Å². The second-order valence-electron chi connectivity index (χ2n) is 3.30. The highest BCUT2D eigenvalue weighted by atomic mass is 79.9. The van der Waals surface area contributed by atoms with E-state index in [4.69, 9.17) is 10.0 Å². The van der Waals surface area contributed by atoms with Gasteiger partial charge in [-0.1, -0.05) is 15.9 Å². The molecule has 0 saturated heterocycles. The zero-order valence-electron chi connectivity index (χ0n) is 8.27. The summed E-state index contributed by atoms with van der Waals surface area (Å²) >= 11 is 2.41. The minimum atomic E-state index is -5.05. The van der Waals surface area contributed by atoms with Crippen molar-refractivity contribution in [3.63, 3.8) is 0 Å². The molecule has 18 heavy (non-hydrogen) atoms. The molecule has 0 fully saturated rings. The summed E-state index contributed by atoms with van der Waals surface area (Å²) in [5.74, 6) is 0. The number of hydrogen-bond acceptors (Lipinski definition) is 2. The van der Waals surface area contributed by atoms with Crippen molar-refractivity contribution in [3.05, 3.63) is 27.7 Å². The zero-order valence-corrected chi connectivity index (χ0v) is 9.86. The summed E-state index contributed by atoms with van der Waals surface area (Å²) in [6.07, 6.45) is -10.1. The van der Waals surface area contributed by atoms with E-state index in [1.807, 2.05) is 0 Å². The first kappa shape index (κ1) is 15.3. The van der Waals surface area contributed by atoms with Gasteiger partial charge in [0.25, 0.3) is 0 Å². The maximum atomic E-state index is 12.5. The summed E-state index contributed by atoms with van der Waals surface area (Å²) in [5, 5.41) is 17.6. The molecule has 10 heteroatoms. The fourth-order valence-electron chi connectivity index (χ4n) is 1.20. The quantitative estimate of drug-likeness (QED) is 0.609. The highest BCUT2D eigenvalue weighted by molar-refractivity contribution is 9.10. The van der Waals surface area contributed by atoms with E-state index in [0.717, 1.165) is 0 Å².